The van der Waals surface area contributed by atoms with E-state index < -0.39 is 23.7 Å². The van der Waals surface area contributed by atoms with E-state index in [0.29, 0.717) is 0 Å². The summed E-state index contributed by atoms with van der Waals surface area (Å²) >= 11 is 0. The number of ether oxygens (including phenoxy) is 3. The minimum Gasteiger partial charge on any atom is -0.423 e. The lowest BCUT2D eigenvalue weighted by atomic mass is 10.2. The fourth-order valence-corrected chi connectivity index (χ4v) is 1.72. The molecular weight excluding hydrogens is 343 g/mol. The van der Waals surface area contributed by atoms with Crippen LogP contribution < -0.4 is 14.2 Å². The highest BCUT2D eigenvalue weighted by atomic mass is 19.1. The number of carbonyl (C=O) groups is 3. The Kier molecular flexibility index (Phi) is 6.00. The van der Waals surface area contributed by atoms with Gasteiger partial charge in [-0.2, -0.15) is 4.39 Å². The van der Waals surface area contributed by atoms with Crippen molar-refractivity contribution in [2.24, 2.45) is 0 Å². The monoisotopic (exact) mass is 356 g/mol. The maximum absolute atomic E-state index is 12.6. The van der Waals surface area contributed by atoms with Crippen LogP contribution in [0.3, 0.4) is 0 Å². The quantitative estimate of drug-likeness (QED) is 0.448. The van der Waals surface area contributed by atoms with Crippen molar-refractivity contribution < 1.29 is 33.0 Å². The summed E-state index contributed by atoms with van der Waals surface area (Å²) in [6, 6.07) is 11.1. The lowest BCUT2D eigenvalue weighted by Gasteiger charge is -2.07. The van der Waals surface area contributed by atoms with Crippen molar-refractivity contribution in [2.45, 2.75) is 0 Å². The Morgan fingerprint density at radius 2 is 1.27 bits per heavy atom. The van der Waals surface area contributed by atoms with E-state index in [9.17, 15) is 18.8 Å². The van der Waals surface area contributed by atoms with Crippen molar-refractivity contribution in [2.75, 3.05) is 0 Å². The van der Waals surface area contributed by atoms with Crippen molar-refractivity contribution in [3.63, 3.8) is 0 Å². The summed E-state index contributed by atoms with van der Waals surface area (Å²) < 4.78 is 27.3. The second kappa shape index (κ2) is 8.39. The van der Waals surface area contributed by atoms with Crippen LogP contribution in [0, 0.1) is 0 Å². The number of carbonyl (C=O) groups excluding carboxylic acids is 3. The predicted molar refractivity (Wildman–Crippen MR) is 89.6 cm³/mol. The van der Waals surface area contributed by atoms with Gasteiger partial charge in [-0.15, -0.1) is 0 Å². The van der Waals surface area contributed by atoms with Crippen LogP contribution in [-0.2, 0) is 9.59 Å². The number of benzene rings is 2. The van der Waals surface area contributed by atoms with Gasteiger partial charge < -0.3 is 14.2 Å². The topological polar surface area (TPSA) is 78.9 Å². The Balaban J connectivity index is 1.98. The van der Waals surface area contributed by atoms with Crippen molar-refractivity contribution >= 4 is 17.9 Å². The highest BCUT2D eigenvalue weighted by Gasteiger charge is 2.11. The number of rotatable bonds is 6. The van der Waals surface area contributed by atoms with Crippen molar-refractivity contribution in [3.8, 4) is 17.2 Å². The third kappa shape index (κ3) is 5.13. The van der Waals surface area contributed by atoms with E-state index >= 15 is 0 Å². The smallest absolute Gasteiger partial charge is 0.371 e. The summed E-state index contributed by atoms with van der Waals surface area (Å²) in [5.74, 6) is -3.16. The van der Waals surface area contributed by atoms with Crippen LogP contribution >= 0.6 is 0 Å². The van der Waals surface area contributed by atoms with Crippen LogP contribution in [0.15, 0.2) is 73.6 Å². The Morgan fingerprint density at radius 1 is 0.808 bits per heavy atom. The molecule has 0 spiro atoms. The standard InChI is InChI=1S/C19H13FO6/c1-3-17(21)24-14-6-4-13(5-7-14)19(23)26-16-10-8-15(9-11-16)25-18(22)12(2)20/h3-11H,1-2H2. The van der Waals surface area contributed by atoms with E-state index in [2.05, 4.69) is 17.9 Å². The maximum Gasteiger partial charge on any atom is 0.371 e. The van der Waals surface area contributed by atoms with Gasteiger partial charge in [-0.25, -0.2) is 14.4 Å². The fourth-order valence-electron chi connectivity index (χ4n) is 1.72. The minimum atomic E-state index is -1.22. The van der Waals surface area contributed by atoms with E-state index in [4.69, 9.17) is 9.47 Å². The molecule has 0 unspecified atom stereocenters. The summed E-state index contributed by atoms with van der Waals surface area (Å²) in [7, 11) is 0. The molecule has 0 heterocycles. The first kappa shape index (κ1) is 18.6. The highest BCUT2D eigenvalue weighted by Crippen LogP contribution is 2.20. The summed E-state index contributed by atoms with van der Waals surface area (Å²) in [6.07, 6.45) is 1.02. The zero-order chi connectivity index (χ0) is 19.1. The van der Waals surface area contributed by atoms with Gasteiger partial charge in [-0.1, -0.05) is 13.2 Å². The average molecular weight is 356 g/mol. The molecule has 26 heavy (non-hydrogen) atoms. The second-order valence-electron chi connectivity index (χ2n) is 4.80. The first-order chi connectivity index (χ1) is 12.4. The maximum atomic E-state index is 12.6. The number of halogens is 1. The SMILES string of the molecule is C=CC(=O)Oc1ccc(C(=O)Oc2ccc(OC(=O)C(=C)F)cc2)cc1. The lowest BCUT2D eigenvalue weighted by molar-refractivity contribution is -0.131. The average Bonchev–Trinajstić information content (AvgIpc) is 2.63. The van der Waals surface area contributed by atoms with Gasteiger partial charge in [-0.3, -0.25) is 0 Å². The molecule has 0 aliphatic heterocycles. The zero-order valence-corrected chi connectivity index (χ0v) is 13.4. The first-order valence-electron chi connectivity index (χ1n) is 7.22. The second-order valence-corrected chi connectivity index (χ2v) is 4.80. The summed E-state index contributed by atoms with van der Waals surface area (Å²) in [6.45, 7) is 6.11. The third-order valence-corrected chi connectivity index (χ3v) is 2.94. The van der Waals surface area contributed by atoms with Gasteiger partial charge in [0, 0.05) is 6.08 Å². The molecule has 6 nitrogen and oxygen atoms in total. The first-order valence-corrected chi connectivity index (χ1v) is 7.22. The van der Waals surface area contributed by atoms with Crippen LogP contribution in [0.4, 0.5) is 4.39 Å². The molecule has 2 aromatic rings. The summed E-state index contributed by atoms with van der Waals surface area (Å²) in [5.41, 5.74) is 0.229. The highest BCUT2D eigenvalue weighted by molar-refractivity contribution is 5.91. The Labute approximate surface area is 148 Å². The summed E-state index contributed by atoms with van der Waals surface area (Å²) in [5, 5.41) is 0. The lowest BCUT2D eigenvalue weighted by Crippen LogP contribution is -2.09. The third-order valence-electron chi connectivity index (χ3n) is 2.94. The minimum absolute atomic E-state index is 0.0713. The van der Waals surface area contributed by atoms with Gasteiger partial charge in [0.2, 0.25) is 5.83 Å². The molecule has 132 valence electrons. The Morgan fingerprint density at radius 3 is 1.77 bits per heavy atom. The largest absolute Gasteiger partial charge is 0.423 e. The van der Waals surface area contributed by atoms with E-state index in [-0.39, 0.29) is 22.8 Å². The molecule has 0 aliphatic carbocycles. The molecule has 0 fully saturated rings. The molecule has 0 saturated heterocycles. The molecule has 0 N–H and O–H groups in total. The van der Waals surface area contributed by atoms with Crippen LogP contribution in [0.5, 0.6) is 17.2 Å². The molecule has 0 saturated carbocycles. The number of esters is 3. The van der Waals surface area contributed by atoms with Crippen molar-refractivity contribution in [3.05, 3.63) is 79.2 Å². The molecule has 0 amide bonds. The van der Waals surface area contributed by atoms with Gasteiger partial charge in [0.1, 0.15) is 17.2 Å². The van der Waals surface area contributed by atoms with Crippen LogP contribution in [0.2, 0.25) is 0 Å². The summed E-state index contributed by atoms with van der Waals surface area (Å²) in [4.78, 5) is 34.2. The van der Waals surface area contributed by atoms with E-state index in [1.807, 2.05) is 0 Å². The van der Waals surface area contributed by atoms with Crippen LogP contribution in [0.1, 0.15) is 10.4 Å². The van der Waals surface area contributed by atoms with Crippen molar-refractivity contribution in [1.29, 1.82) is 0 Å². The molecule has 0 aliphatic rings. The molecule has 0 atom stereocenters. The Bertz CT molecular complexity index is 853. The van der Waals surface area contributed by atoms with Gasteiger partial charge in [0.05, 0.1) is 5.56 Å². The van der Waals surface area contributed by atoms with Crippen molar-refractivity contribution in [1.82, 2.24) is 0 Å². The van der Waals surface area contributed by atoms with Gasteiger partial charge in [-0.05, 0) is 48.5 Å². The van der Waals surface area contributed by atoms with Crippen LogP contribution in [0.25, 0.3) is 0 Å². The Hall–Kier alpha value is -3.74. The van der Waals surface area contributed by atoms with Crippen LogP contribution in [-0.4, -0.2) is 17.9 Å². The van der Waals surface area contributed by atoms with E-state index in [0.717, 1.165) is 6.08 Å². The van der Waals surface area contributed by atoms with E-state index in [1.165, 1.54) is 48.5 Å². The predicted octanol–water partition coefficient (Wildman–Crippen LogP) is 3.39. The van der Waals surface area contributed by atoms with Gasteiger partial charge >= 0.3 is 17.9 Å². The molecule has 2 rings (SSSR count). The molecule has 7 heteroatoms. The number of hydrogen-bond acceptors (Lipinski definition) is 6. The molecule has 0 radical (unpaired) electrons. The zero-order valence-electron chi connectivity index (χ0n) is 13.4. The molecule has 2 aromatic carbocycles. The molecule has 0 bridgehead atoms. The van der Waals surface area contributed by atoms with E-state index in [1.54, 1.807) is 0 Å². The van der Waals surface area contributed by atoms with Gasteiger partial charge in [0.25, 0.3) is 0 Å². The molecular formula is C19H13FO6. The number of hydrogen-bond donors (Lipinski definition) is 0. The normalized spacial score (nSPS) is 9.73. The molecule has 0 aromatic heterocycles. The van der Waals surface area contributed by atoms with Gasteiger partial charge in [0.15, 0.2) is 0 Å². The fraction of sp³-hybridized carbons (Fsp3) is 0.